The molecule has 0 radical (unpaired) electrons. The molecular weight excluding hydrogens is 386 g/mol. The lowest BCUT2D eigenvalue weighted by atomic mass is 10.1. The quantitative estimate of drug-likeness (QED) is 0.232. The van der Waals surface area contributed by atoms with Crippen LogP contribution in [0.5, 0.6) is 11.5 Å². The Morgan fingerprint density at radius 3 is 1.90 bits per heavy atom. The fourth-order valence-electron chi connectivity index (χ4n) is 2.78. The van der Waals surface area contributed by atoms with Crippen LogP contribution in [0.1, 0.15) is 59.2 Å². The van der Waals surface area contributed by atoms with Gasteiger partial charge in [-0.25, -0.2) is 0 Å². The number of nitrogens with one attached hydrogen (secondary N) is 2. The normalized spacial score (nSPS) is 10.6. The molecule has 170 valence electrons. The Morgan fingerprint density at radius 2 is 1.40 bits per heavy atom. The summed E-state index contributed by atoms with van der Waals surface area (Å²) in [5.74, 6) is -0.310. The molecule has 9 heteroatoms. The number of carbonyl (C=O) groups is 2. The molecule has 8 N–H and O–H groups in total. The van der Waals surface area contributed by atoms with Crippen LogP contribution in [-0.4, -0.2) is 58.3 Å². The molecular formula is C21H37N5O4. The van der Waals surface area contributed by atoms with Crippen molar-refractivity contribution in [3.63, 3.8) is 0 Å². The molecule has 0 heterocycles. The molecule has 0 atom stereocenters. The Bertz CT molecular complexity index is 655. The molecule has 0 saturated carbocycles. The summed E-state index contributed by atoms with van der Waals surface area (Å²) >= 11 is 0. The van der Waals surface area contributed by atoms with E-state index in [0.717, 1.165) is 38.5 Å². The van der Waals surface area contributed by atoms with Gasteiger partial charge in [0, 0.05) is 19.2 Å². The van der Waals surface area contributed by atoms with Gasteiger partial charge >= 0.3 is 0 Å². The zero-order chi connectivity index (χ0) is 22.2. The summed E-state index contributed by atoms with van der Waals surface area (Å²) in [6.45, 7) is 3.18. The van der Waals surface area contributed by atoms with Gasteiger partial charge in [-0.2, -0.15) is 0 Å². The minimum Gasteiger partial charge on any atom is -0.493 e. The molecule has 0 aliphatic heterocycles. The number of unbranched alkanes of at least 4 members (excludes halogenated alkanes) is 4. The van der Waals surface area contributed by atoms with Gasteiger partial charge < -0.3 is 37.3 Å². The van der Waals surface area contributed by atoms with Crippen molar-refractivity contribution >= 4 is 11.8 Å². The van der Waals surface area contributed by atoms with E-state index in [1.165, 1.54) is 6.07 Å². The number of amides is 2. The number of carbonyl (C=O) groups excluding carboxylic acids is 2. The lowest BCUT2D eigenvalue weighted by Gasteiger charge is -2.16. The third-order valence-electron chi connectivity index (χ3n) is 4.46. The zero-order valence-electron chi connectivity index (χ0n) is 18.0. The summed E-state index contributed by atoms with van der Waals surface area (Å²) in [6, 6.07) is 3.03. The highest BCUT2D eigenvalue weighted by Gasteiger charge is 2.20. The van der Waals surface area contributed by atoms with Crippen LogP contribution in [0.2, 0.25) is 0 Å². The zero-order valence-corrected chi connectivity index (χ0v) is 18.0. The predicted molar refractivity (Wildman–Crippen MR) is 118 cm³/mol. The van der Waals surface area contributed by atoms with E-state index in [2.05, 4.69) is 10.6 Å². The van der Waals surface area contributed by atoms with Gasteiger partial charge in [0.1, 0.15) is 11.5 Å². The number of nitrogens with two attached hydrogens (primary N) is 3. The first-order valence-electron chi connectivity index (χ1n) is 10.6. The smallest absolute Gasteiger partial charge is 0.255 e. The first kappa shape index (κ1) is 25.7. The minimum absolute atomic E-state index is 0.156. The number of ether oxygens (including phenoxy) is 2. The van der Waals surface area contributed by atoms with Gasteiger partial charge in [-0.15, -0.1) is 0 Å². The average molecular weight is 424 g/mol. The molecule has 0 fully saturated rings. The van der Waals surface area contributed by atoms with E-state index >= 15 is 0 Å². The van der Waals surface area contributed by atoms with E-state index in [-0.39, 0.29) is 17.0 Å². The fourth-order valence-corrected chi connectivity index (χ4v) is 2.78. The summed E-state index contributed by atoms with van der Waals surface area (Å²) in [6.07, 6.45) is 5.30. The molecule has 1 rings (SSSR count). The number of hydrogen-bond acceptors (Lipinski definition) is 7. The second-order valence-electron chi connectivity index (χ2n) is 6.96. The van der Waals surface area contributed by atoms with E-state index in [1.54, 1.807) is 13.1 Å². The van der Waals surface area contributed by atoms with Crippen LogP contribution in [0.4, 0.5) is 0 Å². The van der Waals surface area contributed by atoms with Crippen LogP contribution in [-0.2, 0) is 0 Å². The fraction of sp³-hybridized carbons (Fsp3) is 0.619. The van der Waals surface area contributed by atoms with E-state index in [0.29, 0.717) is 50.9 Å². The standard InChI is InChI=1S/C21H37N5O4/c1-25-10-11-26-21(28)17-14-16(20(24)27)18(29-12-6-2-4-8-22)15-19(17)30-13-7-3-5-9-23/h14-15,25H,2-13,22-23H2,1H3,(H2,24,27)(H,26,28). The van der Waals surface area contributed by atoms with Gasteiger partial charge in [0.05, 0.1) is 24.3 Å². The topological polar surface area (TPSA) is 155 Å². The molecule has 0 bridgehead atoms. The van der Waals surface area contributed by atoms with Crippen molar-refractivity contribution in [3.8, 4) is 11.5 Å². The maximum Gasteiger partial charge on any atom is 0.255 e. The van der Waals surface area contributed by atoms with Crippen molar-refractivity contribution in [1.82, 2.24) is 10.6 Å². The van der Waals surface area contributed by atoms with Gasteiger partial charge in [0.15, 0.2) is 0 Å². The molecule has 30 heavy (non-hydrogen) atoms. The van der Waals surface area contributed by atoms with Crippen molar-refractivity contribution in [2.24, 2.45) is 17.2 Å². The Labute approximate surface area is 179 Å². The van der Waals surface area contributed by atoms with Crippen molar-refractivity contribution in [2.75, 3.05) is 46.4 Å². The van der Waals surface area contributed by atoms with Crippen LogP contribution >= 0.6 is 0 Å². The largest absolute Gasteiger partial charge is 0.493 e. The van der Waals surface area contributed by atoms with Crippen molar-refractivity contribution in [1.29, 1.82) is 0 Å². The minimum atomic E-state index is -0.661. The summed E-state index contributed by atoms with van der Waals surface area (Å²) in [5, 5.41) is 5.76. The van der Waals surface area contributed by atoms with Crippen LogP contribution in [0, 0.1) is 0 Å². The summed E-state index contributed by atoms with van der Waals surface area (Å²) < 4.78 is 11.6. The van der Waals surface area contributed by atoms with Gasteiger partial charge in [-0.05, 0) is 64.7 Å². The number of primary amides is 1. The number of benzene rings is 1. The summed E-state index contributed by atoms with van der Waals surface area (Å²) in [5.41, 5.74) is 17.0. The first-order valence-corrected chi connectivity index (χ1v) is 10.6. The van der Waals surface area contributed by atoms with Gasteiger partial charge in [0.25, 0.3) is 11.8 Å². The second kappa shape index (κ2) is 15.5. The van der Waals surface area contributed by atoms with Gasteiger partial charge in [0.2, 0.25) is 0 Å². The van der Waals surface area contributed by atoms with Crippen LogP contribution in [0.3, 0.4) is 0 Å². The molecule has 0 aromatic heterocycles. The third kappa shape index (κ3) is 9.43. The lowest BCUT2D eigenvalue weighted by molar-refractivity contribution is 0.0950. The second-order valence-corrected chi connectivity index (χ2v) is 6.96. The molecule has 0 saturated heterocycles. The van der Waals surface area contributed by atoms with Crippen LogP contribution in [0.25, 0.3) is 0 Å². The number of rotatable bonds is 17. The maximum atomic E-state index is 12.7. The molecule has 0 unspecified atom stereocenters. The number of hydrogen-bond donors (Lipinski definition) is 5. The molecule has 9 nitrogen and oxygen atoms in total. The Kier molecular flexibility index (Phi) is 13.2. The van der Waals surface area contributed by atoms with Crippen LogP contribution < -0.4 is 37.3 Å². The third-order valence-corrected chi connectivity index (χ3v) is 4.46. The van der Waals surface area contributed by atoms with E-state index < -0.39 is 5.91 Å². The molecule has 2 amide bonds. The summed E-state index contributed by atoms with van der Waals surface area (Å²) in [4.78, 5) is 24.6. The average Bonchev–Trinajstić information content (AvgIpc) is 2.73. The SMILES string of the molecule is CNCCNC(=O)c1cc(C(N)=O)c(OCCCCCN)cc1OCCCCCN. The highest BCUT2D eigenvalue weighted by molar-refractivity contribution is 6.02. The Hall–Kier alpha value is -2.36. The first-order chi connectivity index (χ1) is 14.5. The Balaban J connectivity index is 3.01. The van der Waals surface area contributed by atoms with Crippen molar-refractivity contribution in [2.45, 2.75) is 38.5 Å². The molecule has 0 aliphatic carbocycles. The van der Waals surface area contributed by atoms with Crippen molar-refractivity contribution in [3.05, 3.63) is 23.3 Å². The molecule has 0 spiro atoms. The predicted octanol–water partition coefficient (Wildman–Crippen LogP) is 0.750. The van der Waals surface area contributed by atoms with E-state index in [4.69, 9.17) is 26.7 Å². The lowest BCUT2D eigenvalue weighted by Crippen LogP contribution is -2.31. The molecule has 1 aromatic carbocycles. The Morgan fingerprint density at radius 1 is 0.833 bits per heavy atom. The maximum absolute atomic E-state index is 12.7. The van der Waals surface area contributed by atoms with Crippen molar-refractivity contribution < 1.29 is 19.1 Å². The molecule has 0 aliphatic rings. The number of likely N-dealkylation sites (N-methyl/N-ethyl adjacent to an activating group) is 1. The van der Waals surface area contributed by atoms with E-state index in [1.807, 2.05) is 0 Å². The van der Waals surface area contributed by atoms with Gasteiger partial charge in [-0.3, -0.25) is 9.59 Å². The molecule has 1 aromatic rings. The van der Waals surface area contributed by atoms with E-state index in [9.17, 15) is 9.59 Å². The summed E-state index contributed by atoms with van der Waals surface area (Å²) in [7, 11) is 1.80. The van der Waals surface area contributed by atoms with Crippen LogP contribution in [0.15, 0.2) is 12.1 Å². The highest BCUT2D eigenvalue weighted by Crippen LogP contribution is 2.30. The monoisotopic (exact) mass is 423 g/mol. The highest BCUT2D eigenvalue weighted by atomic mass is 16.5. The van der Waals surface area contributed by atoms with Gasteiger partial charge in [-0.1, -0.05) is 0 Å².